The van der Waals surface area contributed by atoms with Gasteiger partial charge in [-0.25, -0.2) is 4.79 Å². The fourth-order valence-electron chi connectivity index (χ4n) is 1.77. The van der Waals surface area contributed by atoms with Gasteiger partial charge in [-0.3, -0.25) is 9.59 Å². The van der Waals surface area contributed by atoms with E-state index in [1.54, 1.807) is 6.92 Å². The van der Waals surface area contributed by atoms with E-state index in [1.165, 1.54) is 26.7 Å². The molecule has 0 aromatic rings. The van der Waals surface area contributed by atoms with E-state index >= 15 is 0 Å². The van der Waals surface area contributed by atoms with Crippen LogP contribution in [0.3, 0.4) is 0 Å². The average Bonchev–Trinajstić information content (AvgIpc) is 2.52. The first-order chi connectivity index (χ1) is 11.6. The van der Waals surface area contributed by atoms with E-state index in [2.05, 4.69) is 30.8 Å². The Morgan fingerprint density at radius 2 is 1.68 bits per heavy atom. The van der Waals surface area contributed by atoms with E-state index < -0.39 is 24.3 Å². The Kier molecular flexibility index (Phi) is 14.2. The van der Waals surface area contributed by atoms with E-state index in [9.17, 15) is 14.4 Å². The first-order valence-corrected chi connectivity index (χ1v) is 8.40. The highest BCUT2D eigenvalue weighted by molar-refractivity contribution is 6.07. The number of amides is 1. The van der Waals surface area contributed by atoms with Gasteiger partial charge in [-0.1, -0.05) is 33.6 Å². The molecule has 1 amide bonds. The van der Waals surface area contributed by atoms with Gasteiger partial charge in [-0.2, -0.15) is 0 Å². The molecule has 7 heteroatoms. The smallest absolute Gasteiger partial charge is 0.335 e. The number of nitrogens with one attached hydrogen (secondary N) is 2. The van der Waals surface area contributed by atoms with Crippen molar-refractivity contribution in [3.63, 3.8) is 0 Å². The number of ether oxygens (including phenoxy) is 2. The van der Waals surface area contributed by atoms with E-state index in [4.69, 9.17) is 10.1 Å². The molecule has 25 heavy (non-hydrogen) atoms. The summed E-state index contributed by atoms with van der Waals surface area (Å²) < 4.78 is 9.13. The molecule has 0 saturated heterocycles. The van der Waals surface area contributed by atoms with Crippen LogP contribution in [-0.4, -0.2) is 37.3 Å². The predicted octanol–water partition coefficient (Wildman–Crippen LogP) is 2.98. The van der Waals surface area contributed by atoms with Gasteiger partial charge in [0.15, 0.2) is 0 Å². The maximum absolute atomic E-state index is 11.5. The van der Waals surface area contributed by atoms with E-state index in [0.717, 1.165) is 13.0 Å². The van der Waals surface area contributed by atoms with Gasteiger partial charge < -0.3 is 20.2 Å². The summed E-state index contributed by atoms with van der Waals surface area (Å²) in [6.45, 7) is 11.4. The van der Waals surface area contributed by atoms with Gasteiger partial charge in [0.25, 0.3) is 0 Å². The van der Waals surface area contributed by atoms with Crippen LogP contribution in [0.4, 0.5) is 0 Å². The summed E-state index contributed by atoms with van der Waals surface area (Å²) in [5.41, 5.74) is 0.128. The second-order valence-corrected chi connectivity index (χ2v) is 5.83. The second-order valence-electron chi connectivity index (χ2n) is 5.83. The van der Waals surface area contributed by atoms with E-state index in [1.807, 2.05) is 0 Å². The number of allylic oxidation sites excluding steroid dienone is 1. The number of rotatable bonds is 8. The molecule has 0 bridgehead atoms. The van der Waals surface area contributed by atoms with Crippen LogP contribution < -0.4 is 5.32 Å². The van der Waals surface area contributed by atoms with Crippen molar-refractivity contribution >= 4 is 23.6 Å². The molecule has 0 heterocycles. The lowest BCUT2D eigenvalue weighted by Crippen LogP contribution is -2.30. The molecule has 2 N–H and O–H groups in total. The minimum Gasteiger partial charge on any atom is -0.469 e. The molecule has 0 spiro atoms. The van der Waals surface area contributed by atoms with Crippen molar-refractivity contribution in [2.24, 2.45) is 5.92 Å². The molecule has 0 radical (unpaired) electrons. The number of methoxy groups -OCH3 is 1. The van der Waals surface area contributed by atoms with Gasteiger partial charge in [0.1, 0.15) is 6.42 Å². The summed E-state index contributed by atoms with van der Waals surface area (Å²) in [5, 5.41) is 9.87. The summed E-state index contributed by atoms with van der Waals surface area (Å²) in [4.78, 5) is 34.0. The second kappa shape index (κ2) is 14.2. The Labute approximate surface area is 150 Å². The zero-order valence-electron chi connectivity index (χ0n) is 16.4. The molecule has 0 aliphatic carbocycles. The molecule has 0 rings (SSSR count). The molecule has 0 aromatic carbocycles. The van der Waals surface area contributed by atoms with Crippen LogP contribution in [0.25, 0.3) is 0 Å². The minimum absolute atomic E-state index is 0.0104. The Bertz CT molecular complexity index is 496. The van der Waals surface area contributed by atoms with Crippen molar-refractivity contribution in [3.05, 3.63) is 11.3 Å². The highest BCUT2D eigenvalue weighted by atomic mass is 16.5. The van der Waals surface area contributed by atoms with Crippen LogP contribution in [-0.2, 0) is 23.9 Å². The molecule has 0 atom stereocenters. The van der Waals surface area contributed by atoms with Gasteiger partial charge in [0.2, 0.25) is 5.91 Å². The first-order valence-electron chi connectivity index (χ1n) is 8.40. The van der Waals surface area contributed by atoms with Crippen LogP contribution in [0.5, 0.6) is 0 Å². The fraction of sp³-hybridized carbons (Fsp3) is 0.667. The molecule has 0 aromatic heterocycles. The Morgan fingerprint density at radius 3 is 2.00 bits per heavy atom. The molecular formula is C18H32N2O5. The summed E-state index contributed by atoms with van der Waals surface area (Å²) in [6, 6.07) is 0. The van der Waals surface area contributed by atoms with Crippen molar-refractivity contribution < 1.29 is 23.9 Å². The largest absolute Gasteiger partial charge is 0.469 e. The van der Waals surface area contributed by atoms with E-state index in [0.29, 0.717) is 0 Å². The number of carbonyl (C=O) groups is 3. The monoisotopic (exact) mass is 356 g/mol. The van der Waals surface area contributed by atoms with Crippen LogP contribution in [0.1, 0.15) is 60.8 Å². The molecule has 0 saturated carbocycles. The van der Waals surface area contributed by atoms with Crippen LogP contribution >= 0.6 is 0 Å². The third kappa shape index (κ3) is 12.9. The lowest BCUT2D eigenvalue weighted by atomic mass is 10.1. The van der Waals surface area contributed by atoms with E-state index in [-0.39, 0.29) is 23.6 Å². The third-order valence-electron chi connectivity index (χ3n) is 2.99. The third-order valence-corrected chi connectivity index (χ3v) is 2.99. The lowest BCUT2D eigenvalue weighted by Gasteiger charge is -2.11. The maximum atomic E-state index is 11.5. The first kappa shape index (κ1) is 25.1. The maximum Gasteiger partial charge on any atom is 0.335 e. The lowest BCUT2D eigenvalue weighted by molar-refractivity contribution is -0.143. The van der Waals surface area contributed by atoms with Crippen molar-refractivity contribution in [1.29, 1.82) is 5.41 Å². The zero-order chi connectivity index (χ0) is 20.0. The SMILES string of the molecule is CCCC(C)C.CCOC(=O)/C(C)=C(\NC(=O)CC(=O)OC)C(C)=N. The summed E-state index contributed by atoms with van der Waals surface area (Å²) in [7, 11) is 1.16. The Balaban J connectivity index is 0. The van der Waals surface area contributed by atoms with Gasteiger partial charge in [0.05, 0.1) is 30.7 Å². The van der Waals surface area contributed by atoms with Gasteiger partial charge in [-0.05, 0) is 26.7 Å². The Morgan fingerprint density at radius 1 is 1.12 bits per heavy atom. The van der Waals surface area contributed by atoms with Crippen LogP contribution in [0, 0.1) is 11.3 Å². The zero-order valence-corrected chi connectivity index (χ0v) is 16.4. The summed E-state index contributed by atoms with van der Waals surface area (Å²) in [6.07, 6.45) is 2.22. The summed E-state index contributed by atoms with van der Waals surface area (Å²) in [5.74, 6) is -1.08. The number of esters is 2. The molecule has 0 unspecified atom stereocenters. The predicted molar refractivity (Wildman–Crippen MR) is 97.3 cm³/mol. The van der Waals surface area contributed by atoms with Gasteiger partial charge >= 0.3 is 11.9 Å². The molecule has 7 nitrogen and oxygen atoms in total. The molecule has 0 aliphatic rings. The van der Waals surface area contributed by atoms with Crippen molar-refractivity contribution in [2.75, 3.05) is 13.7 Å². The van der Waals surface area contributed by atoms with Crippen molar-refractivity contribution in [2.45, 2.75) is 60.8 Å². The quantitative estimate of drug-likeness (QED) is 0.301. The Hall–Kier alpha value is -2.18. The minimum atomic E-state index is -0.701. The average molecular weight is 356 g/mol. The molecular weight excluding hydrogens is 324 g/mol. The molecule has 0 fully saturated rings. The van der Waals surface area contributed by atoms with Crippen LogP contribution in [0.15, 0.2) is 11.3 Å². The standard InChI is InChI=1S/C12H18N2O5.C6H14/c1-5-19-12(17)7(2)11(8(3)13)14-9(15)6-10(16)18-4;1-4-5-6(2)3/h13H,5-6H2,1-4H3,(H,14,15);6H,4-5H2,1-3H3/b11-7-,13-8?;. The van der Waals surface area contributed by atoms with Crippen molar-refractivity contribution in [1.82, 2.24) is 5.32 Å². The number of carbonyl (C=O) groups excluding carboxylic acids is 3. The number of hydrogen-bond donors (Lipinski definition) is 2. The highest BCUT2D eigenvalue weighted by Gasteiger charge is 2.17. The van der Waals surface area contributed by atoms with Crippen molar-refractivity contribution in [3.8, 4) is 0 Å². The molecule has 0 aliphatic heterocycles. The molecule has 144 valence electrons. The van der Waals surface area contributed by atoms with Gasteiger partial charge in [0, 0.05) is 0 Å². The van der Waals surface area contributed by atoms with Crippen LogP contribution in [0.2, 0.25) is 0 Å². The summed E-state index contributed by atoms with van der Waals surface area (Å²) >= 11 is 0. The fourth-order valence-corrected chi connectivity index (χ4v) is 1.77. The normalized spacial score (nSPS) is 10.9. The highest BCUT2D eigenvalue weighted by Crippen LogP contribution is 2.06. The topological polar surface area (TPSA) is 106 Å². The number of hydrogen-bond acceptors (Lipinski definition) is 6. The van der Waals surface area contributed by atoms with Gasteiger partial charge in [-0.15, -0.1) is 0 Å².